The summed E-state index contributed by atoms with van der Waals surface area (Å²) < 4.78 is 5.19. The summed E-state index contributed by atoms with van der Waals surface area (Å²) in [6.07, 6.45) is 2.54. The van der Waals surface area contributed by atoms with Crippen LogP contribution < -0.4 is 5.32 Å². The number of nitrogens with zero attached hydrogens (tertiary/aromatic N) is 1. The summed E-state index contributed by atoms with van der Waals surface area (Å²) in [4.78, 5) is 16.9. The van der Waals surface area contributed by atoms with Crippen LogP contribution in [0, 0.1) is 0 Å². The number of amides is 1. The molecule has 0 saturated heterocycles. The summed E-state index contributed by atoms with van der Waals surface area (Å²) in [6.45, 7) is 1.64. The van der Waals surface area contributed by atoms with Gasteiger partial charge in [-0.05, 0) is 27.1 Å². The van der Waals surface area contributed by atoms with Crippen LogP contribution in [0.1, 0.15) is 16.9 Å². The summed E-state index contributed by atoms with van der Waals surface area (Å²) in [5, 5.41) is 2.87. The molecule has 5 nitrogen and oxygen atoms in total. The van der Waals surface area contributed by atoms with E-state index >= 15 is 0 Å². The second-order valence-corrected chi connectivity index (χ2v) is 4.29. The molecule has 17 heavy (non-hydrogen) atoms. The number of hydrogen-bond donors (Lipinski definition) is 2. The first kappa shape index (κ1) is 11.7. The lowest BCUT2D eigenvalue weighted by Gasteiger charge is -2.09. The largest absolute Gasteiger partial charge is 0.463 e. The van der Waals surface area contributed by atoms with E-state index in [2.05, 4.69) is 15.2 Å². The van der Waals surface area contributed by atoms with Gasteiger partial charge in [-0.25, -0.2) is 0 Å². The van der Waals surface area contributed by atoms with Crippen molar-refractivity contribution in [3.05, 3.63) is 24.1 Å². The van der Waals surface area contributed by atoms with Crippen molar-refractivity contribution in [3.8, 4) is 0 Å². The summed E-state index contributed by atoms with van der Waals surface area (Å²) in [7, 11) is 4.03. The van der Waals surface area contributed by atoms with Gasteiger partial charge in [-0.15, -0.1) is 0 Å². The van der Waals surface area contributed by atoms with Gasteiger partial charge in [-0.1, -0.05) is 0 Å². The van der Waals surface area contributed by atoms with Gasteiger partial charge in [-0.2, -0.15) is 0 Å². The van der Waals surface area contributed by atoms with Gasteiger partial charge in [-0.3, -0.25) is 4.79 Å². The van der Waals surface area contributed by atoms with E-state index in [4.69, 9.17) is 4.42 Å². The Hall–Kier alpha value is -1.75. The number of nitrogens with one attached hydrogen (secondary N) is 2. The fraction of sp³-hybridized carbons (Fsp3) is 0.417. The predicted molar refractivity (Wildman–Crippen MR) is 66.1 cm³/mol. The first-order chi connectivity index (χ1) is 8.16. The molecule has 0 bridgehead atoms. The molecular weight excluding hydrogens is 218 g/mol. The summed E-state index contributed by atoms with van der Waals surface area (Å²) in [5.74, 6) is -0.0878. The minimum Gasteiger partial charge on any atom is -0.463 e. The molecule has 0 aliphatic heterocycles. The molecule has 0 aliphatic carbocycles. The number of hydrogen-bond acceptors (Lipinski definition) is 3. The normalized spacial score (nSPS) is 11.2. The lowest BCUT2D eigenvalue weighted by molar-refractivity contribution is 0.0948. The first-order valence-corrected chi connectivity index (χ1v) is 5.66. The van der Waals surface area contributed by atoms with Crippen LogP contribution in [0.2, 0.25) is 0 Å². The smallest absolute Gasteiger partial charge is 0.267 e. The topological polar surface area (TPSA) is 61.3 Å². The Balaban J connectivity index is 1.85. The molecular formula is C12H17N3O2. The van der Waals surface area contributed by atoms with Crippen LogP contribution in [-0.4, -0.2) is 43.0 Å². The van der Waals surface area contributed by atoms with Gasteiger partial charge in [0.25, 0.3) is 5.91 Å². The fourth-order valence-corrected chi connectivity index (χ4v) is 1.66. The quantitative estimate of drug-likeness (QED) is 0.771. The van der Waals surface area contributed by atoms with Gasteiger partial charge >= 0.3 is 0 Å². The third-order valence-corrected chi connectivity index (χ3v) is 2.55. The number of aromatic nitrogens is 1. The Morgan fingerprint density at radius 2 is 2.35 bits per heavy atom. The van der Waals surface area contributed by atoms with Crippen molar-refractivity contribution in [3.63, 3.8) is 0 Å². The second kappa shape index (κ2) is 5.05. The van der Waals surface area contributed by atoms with Crippen LogP contribution in [0.3, 0.4) is 0 Å². The first-order valence-electron chi connectivity index (χ1n) is 5.66. The van der Waals surface area contributed by atoms with Crippen molar-refractivity contribution >= 4 is 17.0 Å². The summed E-state index contributed by atoms with van der Waals surface area (Å²) >= 11 is 0. The molecule has 0 fully saturated rings. The second-order valence-electron chi connectivity index (χ2n) is 4.29. The van der Waals surface area contributed by atoms with Crippen LogP contribution in [0.15, 0.2) is 22.8 Å². The minimum absolute atomic E-state index is 0.0878. The van der Waals surface area contributed by atoms with E-state index in [9.17, 15) is 4.79 Å². The molecule has 1 amide bonds. The van der Waals surface area contributed by atoms with E-state index in [0.717, 1.165) is 18.5 Å². The average Bonchev–Trinajstić information content (AvgIpc) is 2.83. The van der Waals surface area contributed by atoms with E-state index in [1.807, 2.05) is 14.1 Å². The number of carbonyl (C=O) groups is 1. The Kier molecular flexibility index (Phi) is 3.49. The van der Waals surface area contributed by atoms with Crippen LogP contribution in [-0.2, 0) is 0 Å². The van der Waals surface area contributed by atoms with E-state index in [-0.39, 0.29) is 5.91 Å². The maximum atomic E-state index is 11.8. The molecule has 2 N–H and O–H groups in total. The van der Waals surface area contributed by atoms with Gasteiger partial charge < -0.3 is 19.6 Å². The van der Waals surface area contributed by atoms with E-state index in [0.29, 0.717) is 17.8 Å². The molecule has 0 unspecified atom stereocenters. The molecule has 0 radical (unpaired) electrons. The van der Waals surface area contributed by atoms with Gasteiger partial charge in [0.2, 0.25) is 0 Å². The SMILES string of the molecule is CN(C)CCCNC(=O)c1cc2occc2[nH]1. The molecule has 2 aromatic heterocycles. The van der Waals surface area contributed by atoms with Crippen molar-refractivity contribution < 1.29 is 9.21 Å². The summed E-state index contributed by atoms with van der Waals surface area (Å²) in [5.41, 5.74) is 2.11. The number of fused-ring (bicyclic) bond motifs is 1. The molecule has 2 heterocycles. The van der Waals surface area contributed by atoms with E-state index in [1.54, 1.807) is 18.4 Å². The number of carbonyl (C=O) groups excluding carboxylic acids is 1. The number of H-pyrrole nitrogens is 1. The number of aromatic amines is 1. The van der Waals surface area contributed by atoms with Crippen LogP contribution in [0.5, 0.6) is 0 Å². The van der Waals surface area contributed by atoms with Crippen LogP contribution >= 0.6 is 0 Å². The van der Waals surface area contributed by atoms with Crippen molar-refractivity contribution in [2.24, 2.45) is 0 Å². The maximum Gasteiger partial charge on any atom is 0.267 e. The minimum atomic E-state index is -0.0878. The number of furan rings is 1. The highest BCUT2D eigenvalue weighted by Gasteiger charge is 2.10. The third-order valence-electron chi connectivity index (χ3n) is 2.55. The third kappa shape index (κ3) is 2.88. The molecule has 0 saturated carbocycles. The summed E-state index contributed by atoms with van der Waals surface area (Å²) in [6, 6.07) is 3.52. The molecule has 2 rings (SSSR count). The molecule has 0 atom stereocenters. The Morgan fingerprint density at radius 3 is 3.06 bits per heavy atom. The molecule has 2 aromatic rings. The van der Waals surface area contributed by atoms with Crippen molar-refractivity contribution in [2.75, 3.05) is 27.2 Å². The van der Waals surface area contributed by atoms with Crippen molar-refractivity contribution in [1.82, 2.24) is 15.2 Å². The number of rotatable bonds is 5. The zero-order chi connectivity index (χ0) is 12.3. The fourth-order valence-electron chi connectivity index (χ4n) is 1.66. The molecule has 0 aliphatic rings. The Morgan fingerprint density at radius 1 is 1.53 bits per heavy atom. The highest BCUT2D eigenvalue weighted by molar-refractivity contribution is 5.96. The Labute approximate surface area is 99.8 Å². The van der Waals surface area contributed by atoms with Crippen LogP contribution in [0.4, 0.5) is 0 Å². The van der Waals surface area contributed by atoms with Gasteiger partial charge in [0.05, 0.1) is 11.8 Å². The zero-order valence-corrected chi connectivity index (χ0v) is 10.1. The maximum absolute atomic E-state index is 11.8. The van der Waals surface area contributed by atoms with E-state index < -0.39 is 0 Å². The van der Waals surface area contributed by atoms with Gasteiger partial charge in [0, 0.05) is 18.7 Å². The molecule has 92 valence electrons. The zero-order valence-electron chi connectivity index (χ0n) is 10.1. The molecule has 0 spiro atoms. The monoisotopic (exact) mass is 235 g/mol. The predicted octanol–water partition coefficient (Wildman–Crippen LogP) is 1.44. The molecule has 5 heteroatoms. The van der Waals surface area contributed by atoms with Crippen LogP contribution in [0.25, 0.3) is 11.1 Å². The van der Waals surface area contributed by atoms with Gasteiger partial charge in [0.1, 0.15) is 5.69 Å². The van der Waals surface area contributed by atoms with Gasteiger partial charge in [0.15, 0.2) is 5.58 Å². The molecule has 0 aromatic carbocycles. The lowest BCUT2D eigenvalue weighted by atomic mass is 10.3. The van der Waals surface area contributed by atoms with E-state index in [1.165, 1.54) is 0 Å². The Bertz CT molecular complexity index is 470. The average molecular weight is 235 g/mol. The standard InChI is InChI=1S/C12H17N3O2/c1-15(2)6-3-5-13-12(16)10-8-11-9(14-10)4-7-17-11/h4,7-8,14H,3,5-6H2,1-2H3,(H,13,16). The highest BCUT2D eigenvalue weighted by atomic mass is 16.3. The van der Waals surface area contributed by atoms with Crippen molar-refractivity contribution in [2.45, 2.75) is 6.42 Å². The van der Waals surface area contributed by atoms with Crippen molar-refractivity contribution in [1.29, 1.82) is 0 Å². The lowest BCUT2D eigenvalue weighted by Crippen LogP contribution is -2.27. The highest BCUT2D eigenvalue weighted by Crippen LogP contribution is 2.15.